The summed E-state index contributed by atoms with van der Waals surface area (Å²) in [6, 6.07) is 25.5. The highest BCUT2D eigenvalue weighted by Crippen LogP contribution is 2.35. The number of nitriles is 1. The SMILES string of the molecule is COc1cc(/C=C(\C#N)C(=O)Nc2ccc(C)c(C)c2)c(Br)cc1OCc1ccc2ccccc2c1. The van der Waals surface area contributed by atoms with Crippen molar-refractivity contribution in [1.29, 1.82) is 5.26 Å². The number of aryl methyl sites for hydroxylation is 2. The van der Waals surface area contributed by atoms with E-state index in [4.69, 9.17) is 9.47 Å². The van der Waals surface area contributed by atoms with Gasteiger partial charge in [0.2, 0.25) is 0 Å². The van der Waals surface area contributed by atoms with Gasteiger partial charge in [-0.2, -0.15) is 5.26 Å². The van der Waals surface area contributed by atoms with Crippen molar-refractivity contribution < 1.29 is 14.3 Å². The van der Waals surface area contributed by atoms with E-state index >= 15 is 0 Å². The Balaban J connectivity index is 1.54. The predicted molar refractivity (Wildman–Crippen MR) is 147 cm³/mol. The van der Waals surface area contributed by atoms with Crippen LogP contribution in [0, 0.1) is 25.2 Å². The molecule has 1 amide bonds. The molecular formula is C30H25BrN2O3. The molecule has 5 nitrogen and oxygen atoms in total. The second kappa shape index (κ2) is 11.1. The molecule has 4 aromatic carbocycles. The molecular weight excluding hydrogens is 516 g/mol. The lowest BCUT2D eigenvalue weighted by molar-refractivity contribution is -0.112. The Morgan fingerprint density at radius 1 is 0.972 bits per heavy atom. The Morgan fingerprint density at radius 2 is 1.75 bits per heavy atom. The van der Waals surface area contributed by atoms with E-state index in [2.05, 4.69) is 45.5 Å². The van der Waals surface area contributed by atoms with E-state index in [1.165, 1.54) is 11.5 Å². The molecule has 0 aliphatic heterocycles. The highest BCUT2D eigenvalue weighted by Gasteiger charge is 2.14. The van der Waals surface area contributed by atoms with Crippen LogP contribution in [0.5, 0.6) is 11.5 Å². The van der Waals surface area contributed by atoms with Crippen molar-refractivity contribution >= 4 is 44.4 Å². The van der Waals surface area contributed by atoms with Gasteiger partial charge in [0.05, 0.1) is 7.11 Å². The largest absolute Gasteiger partial charge is 0.493 e. The van der Waals surface area contributed by atoms with Crippen LogP contribution in [0.1, 0.15) is 22.3 Å². The van der Waals surface area contributed by atoms with Gasteiger partial charge in [0.15, 0.2) is 11.5 Å². The summed E-state index contributed by atoms with van der Waals surface area (Å²) in [5.74, 6) is 0.563. The fraction of sp³-hybridized carbons (Fsp3) is 0.133. The number of nitrogens with zero attached hydrogens (tertiary/aromatic N) is 1. The average molecular weight is 541 g/mol. The number of anilines is 1. The Bertz CT molecular complexity index is 1520. The minimum absolute atomic E-state index is 0.0270. The number of carbonyl (C=O) groups excluding carboxylic acids is 1. The van der Waals surface area contributed by atoms with Crippen molar-refractivity contribution in [3.8, 4) is 17.6 Å². The molecule has 0 saturated heterocycles. The number of rotatable bonds is 7. The molecule has 0 radical (unpaired) electrons. The normalized spacial score (nSPS) is 11.1. The first-order valence-corrected chi connectivity index (χ1v) is 12.2. The van der Waals surface area contributed by atoms with Crippen molar-refractivity contribution in [2.24, 2.45) is 0 Å². The first kappa shape index (κ1) is 25.0. The number of carbonyl (C=O) groups is 1. The number of nitrogens with one attached hydrogen (secondary N) is 1. The monoisotopic (exact) mass is 540 g/mol. The molecule has 0 aromatic heterocycles. The van der Waals surface area contributed by atoms with Gasteiger partial charge in [-0.25, -0.2) is 0 Å². The molecule has 0 aliphatic carbocycles. The van der Waals surface area contributed by atoms with Gasteiger partial charge in [0, 0.05) is 10.2 Å². The summed E-state index contributed by atoms with van der Waals surface area (Å²) < 4.78 is 12.3. The lowest BCUT2D eigenvalue weighted by Crippen LogP contribution is -2.13. The molecule has 0 bridgehead atoms. The Labute approximate surface area is 219 Å². The van der Waals surface area contributed by atoms with E-state index in [1.54, 1.807) is 19.2 Å². The second-order valence-electron chi connectivity index (χ2n) is 8.42. The van der Waals surface area contributed by atoms with Gasteiger partial charge in [-0.3, -0.25) is 4.79 Å². The zero-order valence-corrected chi connectivity index (χ0v) is 21.8. The van der Waals surface area contributed by atoms with E-state index in [-0.39, 0.29) is 5.57 Å². The average Bonchev–Trinajstić information content (AvgIpc) is 2.88. The van der Waals surface area contributed by atoms with Crippen LogP contribution < -0.4 is 14.8 Å². The smallest absolute Gasteiger partial charge is 0.266 e. The zero-order valence-electron chi connectivity index (χ0n) is 20.3. The van der Waals surface area contributed by atoms with Crippen molar-refractivity contribution in [2.45, 2.75) is 20.5 Å². The Kier molecular flexibility index (Phi) is 7.72. The summed E-state index contributed by atoms with van der Waals surface area (Å²) in [6.07, 6.45) is 1.52. The molecule has 0 fully saturated rings. The van der Waals surface area contributed by atoms with E-state index in [0.29, 0.717) is 33.8 Å². The summed E-state index contributed by atoms with van der Waals surface area (Å²) in [4.78, 5) is 12.8. The molecule has 4 rings (SSSR count). The van der Waals surface area contributed by atoms with Crippen molar-refractivity contribution in [2.75, 3.05) is 12.4 Å². The molecule has 0 unspecified atom stereocenters. The fourth-order valence-electron chi connectivity index (χ4n) is 3.75. The van der Waals surface area contributed by atoms with Gasteiger partial charge >= 0.3 is 0 Å². The minimum atomic E-state index is -0.483. The number of methoxy groups -OCH3 is 1. The molecule has 0 saturated carbocycles. The number of hydrogen-bond acceptors (Lipinski definition) is 4. The van der Waals surface area contributed by atoms with Gasteiger partial charge in [0.1, 0.15) is 18.2 Å². The number of hydrogen-bond donors (Lipinski definition) is 1. The predicted octanol–water partition coefficient (Wildman–Crippen LogP) is 7.35. The van der Waals surface area contributed by atoms with Crippen LogP contribution in [0.15, 0.2) is 82.8 Å². The van der Waals surface area contributed by atoms with E-state index < -0.39 is 5.91 Å². The summed E-state index contributed by atoms with van der Waals surface area (Å²) in [6.45, 7) is 4.34. The van der Waals surface area contributed by atoms with E-state index in [1.807, 2.05) is 56.3 Å². The third kappa shape index (κ3) is 5.76. The summed E-state index contributed by atoms with van der Waals surface area (Å²) in [5, 5.41) is 14.8. The quantitative estimate of drug-likeness (QED) is 0.196. The van der Waals surface area contributed by atoms with Crippen LogP contribution in [0.4, 0.5) is 5.69 Å². The molecule has 180 valence electrons. The maximum absolute atomic E-state index is 12.8. The molecule has 36 heavy (non-hydrogen) atoms. The minimum Gasteiger partial charge on any atom is -0.493 e. The van der Waals surface area contributed by atoms with Gasteiger partial charge in [0.25, 0.3) is 5.91 Å². The topological polar surface area (TPSA) is 71.3 Å². The molecule has 0 heterocycles. The fourth-order valence-corrected chi connectivity index (χ4v) is 4.18. The molecule has 0 spiro atoms. The van der Waals surface area contributed by atoms with Gasteiger partial charge in [-0.05, 0) is 83.3 Å². The molecule has 0 atom stereocenters. The Hall–Kier alpha value is -4.08. The molecule has 1 N–H and O–H groups in total. The maximum atomic E-state index is 12.8. The molecule has 0 aliphatic rings. The standard InChI is InChI=1S/C30H25BrN2O3/c1-19-8-11-26(12-20(19)2)33-30(34)25(17-32)14-24-15-28(35-3)29(16-27(24)31)36-18-21-9-10-22-6-4-5-7-23(22)13-21/h4-16H,18H2,1-3H3,(H,33,34)/b25-14+. The van der Waals surface area contributed by atoms with Crippen molar-refractivity contribution in [3.63, 3.8) is 0 Å². The highest BCUT2D eigenvalue weighted by atomic mass is 79.9. The second-order valence-corrected chi connectivity index (χ2v) is 9.27. The summed E-state index contributed by atoms with van der Waals surface area (Å²) >= 11 is 3.54. The van der Waals surface area contributed by atoms with Gasteiger partial charge in [-0.1, -0.05) is 58.4 Å². The highest BCUT2D eigenvalue weighted by molar-refractivity contribution is 9.10. The number of ether oxygens (including phenoxy) is 2. The van der Waals surface area contributed by atoms with Crippen LogP contribution in [0.25, 0.3) is 16.8 Å². The van der Waals surface area contributed by atoms with E-state index in [0.717, 1.165) is 22.1 Å². The van der Waals surface area contributed by atoms with Crippen LogP contribution in [-0.4, -0.2) is 13.0 Å². The first-order chi connectivity index (χ1) is 17.4. The molecule has 4 aromatic rings. The van der Waals surface area contributed by atoms with Gasteiger partial charge in [-0.15, -0.1) is 0 Å². The first-order valence-electron chi connectivity index (χ1n) is 11.4. The Morgan fingerprint density at radius 3 is 2.47 bits per heavy atom. The van der Waals surface area contributed by atoms with Crippen molar-refractivity contribution in [3.05, 3.63) is 105 Å². The maximum Gasteiger partial charge on any atom is 0.266 e. The lowest BCUT2D eigenvalue weighted by atomic mass is 10.1. The van der Waals surface area contributed by atoms with Gasteiger partial charge < -0.3 is 14.8 Å². The third-order valence-corrected chi connectivity index (χ3v) is 6.61. The number of amides is 1. The van der Waals surface area contributed by atoms with E-state index in [9.17, 15) is 10.1 Å². The van der Waals surface area contributed by atoms with Crippen LogP contribution in [-0.2, 0) is 11.4 Å². The number of fused-ring (bicyclic) bond motifs is 1. The van der Waals surface area contributed by atoms with Crippen LogP contribution >= 0.6 is 15.9 Å². The summed E-state index contributed by atoms with van der Waals surface area (Å²) in [7, 11) is 1.55. The summed E-state index contributed by atoms with van der Waals surface area (Å²) in [5.41, 5.74) is 4.45. The number of benzene rings is 4. The number of halogens is 1. The van der Waals surface area contributed by atoms with Crippen LogP contribution in [0.3, 0.4) is 0 Å². The third-order valence-electron chi connectivity index (χ3n) is 5.92. The molecule has 6 heteroatoms. The van der Waals surface area contributed by atoms with Crippen LogP contribution in [0.2, 0.25) is 0 Å². The lowest BCUT2D eigenvalue weighted by Gasteiger charge is -2.13. The van der Waals surface area contributed by atoms with Crippen molar-refractivity contribution in [1.82, 2.24) is 0 Å². The zero-order chi connectivity index (χ0) is 25.7.